The van der Waals surface area contributed by atoms with Crippen LogP contribution < -0.4 is 5.32 Å². The third kappa shape index (κ3) is 3.37. The van der Waals surface area contributed by atoms with Gasteiger partial charge >= 0.3 is 0 Å². The van der Waals surface area contributed by atoms with Gasteiger partial charge in [0, 0.05) is 17.5 Å². The Morgan fingerprint density at radius 3 is 3.05 bits per heavy atom. The van der Waals surface area contributed by atoms with Crippen LogP contribution in [0.1, 0.15) is 49.5 Å². The molecule has 1 aliphatic rings. The van der Waals surface area contributed by atoms with Gasteiger partial charge in [0.15, 0.2) is 0 Å². The lowest BCUT2D eigenvalue weighted by Crippen LogP contribution is -2.42. The van der Waals surface area contributed by atoms with E-state index in [1.807, 2.05) is 0 Å². The van der Waals surface area contributed by atoms with E-state index in [-0.39, 0.29) is 24.5 Å². The SMILES string of the molecule is CC(C)C(CCO)NC(=O)C1CCCc2sccc21. The molecule has 3 nitrogen and oxygen atoms in total. The van der Waals surface area contributed by atoms with Gasteiger partial charge in [-0.05, 0) is 48.6 Å². The van der Waals surface area contributed by atoms with E-state index in [1.165, 1.54) is 10.4 Å². The fourth-order valence-electron chi connectivity index (χ4n) is 2.75. The molecule has 0 spiro atoms. The number of nitrogens with one attached hydrogen (secondary N) is 1. The molecule has 0 bridgehead atoms. The zero-order valence-corrected chi connectivity index (χ0v) is 12.5. The molecule has 1 heterocycles. The van der Waals surface area contributed by atoms with Gasteiger partial charge in [0.1, 0.15) is 0 Å². The van der Waals surface area contributed by atoms with Crippen LogP contribution in [0.4, 0.5) is 0 Å². The Morgan fingerprint density at radius 1 is 1.58 bits per heavy atom. The minimum atomic E-state index is 0.00921. The Balaban J connectivity index is 2.05. The summed E-state index contributed by atoms with van der Waals surface area (Å²) in [6.45, 7) is 4.28. The number of carbonyl (C=O) groups excluding carboxylic acids is 1. The molecule has 0 radical (unpaired) electrons. The van der Waals surface area contributed by atoms with Gasteiger partial charge in [0.2, 0.25) is 5.91 Å². The number of aryl methyl sites for hydroxylation is 1. The molecule has 0 aromatic carbocycles. The van der Waals surface area contributed by atoms with Crippen molar-refractivity contribution >= 4 is 17.2 Å². The van der Waals surface area contributed by atoms with E-state index < -0.39 is 0 Å². The summed E-state index contributed by atoms with van der Waals surface area (Å²) in [6, 6.07) is 2.17. The molecule has 2 N–H and O–H groups in total. The summed E-state index contributed by atoms with van der Waals surface area (Å²) >= 11 is 1.76. The molecular formula is C15H23NO2S. The largest absolute Gasteiger partial charge is 0.396 e. The van der Waals surface area contributed by atoms with Crippen molar-refractivity contribution in [2.24, 2.45) is 5.92 Å². The topological polar surface area (TPSA) is 49.3 Å². The predicted molar refractivity (Wildman–Crippen MR) is 78.5 cm³/mol. The third-order valence-corrected chi connectivity index (χ3v) is 4.94. The lowest BCUT2D eigenvalue weighted by molar-refractivity contribution is -0.124. The number of amides is 1. The minimum absolute atomic E-state index is 0.00921. The monoisotopic (exact) mass is 281 g/mol. The van der Waals surface area contributed by atoms with Crippen molar-refractivity contribution in [2.45, 2.75) is 51.5 Å². The average molecular weight is 281 g/mol. The maximum Gasteiger partial charge on any atom is 0.227 e. The molecule has 1 aromatic heterocycles. The molecule has 106 valence electrons. The number of fused-ring (bicyclic) bond motifs is 1. The van der Waals surface area contributed by atoms with Crippen LogP contribution in [0.2, 0.25) is 0 Å². The maximum absolute atomic E-state index is 12.5. The summed E-state index contributed by atoms with van der Waals surface area (Å²) in [6.07, 6.45) is 3.78. The van der Waals surface area contributed by atoms with Gasteiger partial charge in [0.05, 0.1) is 5.92 Å². The highest BCUT2D eigenvalue weighted by Crippen LogP contribution is 2.35. The molecular weight excluding hydrogens is 258 g/mol. The first-order valence-corrected chi connectivity index (χ1v) is 7.99. The minimum Gasteiger partial charge on any atom is -0.396 e. The highest BCUT2D eigenvalue weighted by molar-refractivity contribution is 7.10. The number of carbonyl (C=O) groups is 1. The van der Waals surface area contributed by atoms with Gasteiger partial charge in [-0.2, -0.15) is 0 Å². The molecule has 1 amide bonds. The summed E-state index contributed by atoms with van der Waals surface area (Å²) in [5, 5.41) is 14.3. The van der Waals surface area contributed by atoms with E-state index in [0.29, 0.717) is 12.3 Å². The van der Waals surface area contributed by atoms with Gasteiger partial charge < -0.3 is 10.4 Å². The predicted octanol–water partition coefficient (Wildman–Crippen LogP) is 2.69. The quantitative estimate of drug-likeness (QED) is 0.872. The standard InChI is InChI=1S/C15H23NO2S/c1-10(2)13(6-8-17)16-15(18)12-4-3-5-14-11(12)7-9-19-14/h7,9-10,12-13,17H,3-6,8H2,1-2H3,(H,16,18). The highest BCUT2D eigenvalue weighted by Gasteiger charge is 2.29. The summed E-state index contributed by atoms with van der Waals surface area (Å²) in [7, 11) is 0. The summed E-state index contributed by atoms with van der Waals surface area (Å²) in [5.74, 6) is 0.489. The molecule has 2 rings (SSSR count). The van der Waals surface area contributed by atoms with Crippen LogP contribution in [0.3, 0.4) is 0 Å². The molecule has 0 saturated carbocycles. The number of aliphatic hydroxyl groups excluding tert-OH is 1. The first kappa shape index (κ1) is 14.5. The zero-order valence-electron chi connectivity index (χ0n) is 11.7. The van der Waals surface area contributed by atoms with Gasteiger partial charge in [-0.15, -0.1) is 11.3 Å². The lowest BCUT2D eigenvalue weighted by atomic mass is 9.86. The first-order chi connectivity index (χ1) is 9.13. The molecule has 2 unspecified atom stereocenters. The van der Waals surface area contributed by atoms with Crippen LogP contribution in [0.5, 0.6) is 0 Å². The Kier molecular flexibility index (Phi) is 4.99. The van der Waals surface area contributed by atoms with Crippen molar-refractivity contribution in [1.82, 2.24) is 5.32 Å². The van der Waals surface area contributed by atoms with E-state index in [2.05, 4.69) is 30.6 Å². The molecule has 4 heteroatoms. The fourth-order valence-corrected chi connectivity index (χ4v) is 3.74. The first-order valence-electron chi connectivity index (χ1n) is 7.11. The maximum atomic E-state index is 12.5. The number of aliphatic hydroxyl groups is 1. The van der Waals surface area contributed by atoms with Crippen LogP contribution in [0.25, 0.3) is 0 Å². The van der Waals surface area contributed by atoms with Crippen molar-refractivity contribution in [3.63, 3.8) is 0 Å². The Hall–Kier alpha value is -0.870. The van der Waals surface area contributed by atoms with Crippen molar-refractivity contribution in [3.05, 3.63) is 21.9 Å². The summed E-state index contributed by atoms with van der Waals surface area (Å²) in [5.41, 5.74) is 1.22. The number of hydrogen-bond donors (Lipinski definition) is 2. The highest BCUT2D eigenvalue weighted by atomic mass is 32.1. The lowest BCUT2D eigenvalue weighted by Gasteiger charge is -2.27. The van der Waals surface area contributed by atoms with E-state index in [1.54, 1.807) is 11.3 Å². The summed E-state index contributed by atoms with van der Waals surface area (Å²) in [4.78, 5) is 13.8. The second-order valence-corrected chi connectivity index (χ2v) is 6.62. The third-order valence-electron chi connectivity index (χ3n) is 3.94. The van der Waals surface area contributed by atoms with E-state index >= 15 is 0 Å². The molecule has 19 heavy (non-hydrogen) atoms. The van der Waals surface area contributed by atoms with Crippen LogP contribution >= 0.6 is 11.3 Å². The zero-order chi connectivity index (χ0) is 13.8. The second-order valence-electron chi connectivity index (χ2n) is 5.62. The van der Waals surface area contributed by atoms with Crippen molar-refractivity contribution in [1.29, 1.82) is 0 Å². The van der Waals surface area contributed by atoms with Crippen molar-refractivity contribution in [2.75, 3.05) is 6.61 Å². The number of rotatable bonds is 5. The Bertz CT molecular complexity index is 428. The van der Waals surface area contributed by atoms with Gasteiger partial charge in [-0.3, -0.25) is 4.79 Å². The fraction of sp³-hybridized carbons (Fsp3) is 0.667. The van der Waals surface area contributed by atoms with E-state index in [9.17, 15) is 4.79 Å². The Labute approximate surface area is 119 Å². The molecule has 2 atom stereocenters. The number of thiophene rings is 1. The van der Waals surface area contributed by atoms with Crippen LogP contribution in [0.15, 0.2) is 11.4 Å². The van der Waals surface area contributed by atoms with Crippen molar-refractivity contribution < 1.29 is 9.90 Å². The molecule has 1 aliphatic carbocycles. The molecule has 0 saturated heterocycles. The number of hydrogen-bond acceptors (Lipinski definition) is 3. The van der Waals surface area contributed by atoms with E-state index in [4.69, 9.17) is 5.11 Å². The molecule has 0 fully saturated rings. The molecule has 1 aromatic rings. The Morgan fingerprint density at radius 2 is 2.37 bits per heavy atom. The normalized spacial score (nSPS) is 20.1. The van der Waals surface area contributed by atoms with Gasteiger partial charge in [0.25, 0.3) is 0 Å². The van der Waals surface area contributed by atoms with Crippen LogP contribution in [0, 0.1) is 5.92 Å². The second kappa shape index (κ2) is 6.53. The van der Waals surface area contributed by atoms with Crippen LogP contribution in [-0.2, 0) is 11.2 Å². The average Bonchev–Trinajstić information content (AvgIpc) is 2.85. The van der Waals surface area contributed by atoms with Gasteiger partial charge in [-0.25, -0.2) is 0 Å². The summed E-state index contributed by atoms with van der Waals surface area (Å²) < 4.78 is 0. The van der Waals surface area contributed by atoms with Gasteiger partial charge in [-0.1, -0.05) is 13.8 Å². The smallest absolute Gasteiger partial charge is 0.227 e. The van der Waals surface area contributed by atoms with Crippen LogP contribution in [-0.4, -0.2) is 23.7 Å². The molecule has 0 aliphatic heterocycles. The van der Waals surface area contributed by atoms with E-state index in [0.717, 1.165) is 19.3 Å². The van der Waals surface area contributed by atoms with Crippen molar-refractivity contribution in [3.8, 4) is 0 Å².